The van der Waals surface area contributed by atoms with Crippen molar-refractivity contribution in [3.05, 3.63) is 71.0 Å². The number of thioether (sulfide) groups is 1. The molecule has 0 aliphatic carbocycles. The standard InChI is InChI=1S/C21H18ClN5O2S/c1-13-11-14(2)27(26-13)18-6-4-3-5-17(18)23-19(28)12-30-21-25-24-20(29-21)15-7-9-16(22)10-8-15/h3-11H,12H2,1-2H3,(H,23,28). The quantitative estimate of drug-likeness (QED) is 0.429. The minimum atomic E-state index is -0.180. The average molecular weight is 440 g/mol. The van der Waals surface area contributed by atoms with E-state index in [1.807, 2.05) is 48.9 Å². The van der Waals surface area contributed by atoms with E-state index >= 15 is 0 Å². The molecule has 4 aromatic rings. The molecule has 0 fully saturated rings. The molecule has 0 aliphatic heterocycles. The molecule has 0 saturated carbocycles. The first-order chi connectivity index (χ1) is 14.5. The van der Waals surface area contributed by atoms with Crippen LogP contribution in [-0.2, 0) is 4.79 Å². The zero-order valence-electron chi connectivity index (χ0n) is 16.3. The molecule has 0 radical (unpaired) electrons. The summed E-state index contributed by atoms with van der Waals surface area (Å²) in [4.78, 5) is 12.5. The number of nitrogens with one attached hydrogen (secondary N) is 1. The first-order valence-corrected chi connectivity index (χ1v) is 10.5. The van der Waals surface area contributed by atoms with Crippen LogP contribution >= 0.6 is 23.4 Å². The Morgan fingerprint density at radius 1 is 1.13 bits per heavy atom. The van der Waals surface area contributed by atoms with E-state index in [0.29, 0.717) is 21.8 Å². The number of hydrogen-bond donors (Lipinski definition) is 1. The monoisotopic (exact) mass is 439 g/mol. The van der Waals surface area contributed by atoms with Gasteiger partial charge in [0.15, 0.2) is 0 Å². The lowest BCUT2D eigenvalue weighted by atomic mass is 10.2. The van der Waals surface area contributed by atoms with Crippen LogP contribution in [-0.4, -0.2) is 31.6 Å². The van der Waals surface area contributed by atoms with Crippen molar-refractivity contribution in [3.8, 4) is 17.1 Å². The molecule has 1 N–H and O–H groups in total. The zero-order chi connectivity index (χ0) is 21.1. The number of nitrogens with zero attached hydrogens (tertiary/aromatic N) is 4. The van der Waals surface area contributed by atoms with Crippen LogP contribution < -0.4 is 5.32 Å². The molecule has 9 heteroatoms. The molecular formula is C21H18ClN5O2S. The number of carbonyl (C=O) groups is 1. The fourth-order valence-electron chi connectivity index (χ4n) is 2.93. The maximum Gasteiger partial charge on any atom is 0.277 e. The van der Waals surface area contributed by atoms with Crippen molar-refractivity contribution in [2.75, 3.05) is 11.1 Å². The van der Waals surface area contributed by atoms with E-state index in [1.165, 1.54) is 11.8 Å². The second kappa shape index (κ2) is 8.73. The van der Waals surface area contributed by atoms with Crippen molar-refractivity contribution in [3.63, 3.8) is 0 Å². The Labute approximate surface area is 182 Å². The summed E-state index contributed by atoms with van der Waals surface area (Å²) >= 11 is 7.07. The van der Waals surface area contributed by atoms with Gasteiger partial charge in [0.05, 0.1) is 22.8 Å². The van der Waals surface area contributed by atoms with Crippen molar-refractivity contribution < 1.29 is 9.21 Å². The normalized spacial score (nSPS) is 10.9. The van der Waals surface area contributed by atoms with Gasteiger partial charge in [0.1, 0.15) is 0 Å². The Morgan fingerprint density at radius 3 is 2.63 bits per heavy atom. The Bertz CT molecular complexity index is 1190. The highest BCUT2D eigenvalue weighted by atomic mass is 35.5. The lowest BCUT2D eigenvalue weighted by Crippen LogP contribution is -2.16. The van der Waals surface area contributed by atoms with Crippen molar-refractivity contribution in [2.24, 2.45) is 0 Å². The second-order valence-electron chi connectivity index (χ2n) is 6.57. The molecule has 1 amide bonds. The lowest BCUT2D eigenvalue weighted by Gasteiger charge is -2.12. The minimum absolute atomic E-state index is 0.133. The highest BCUT2D eigenvalue weighted by Crippen LogP contribution is 2.25. The van der Waals surface area contributed by atoms with E-state index in [9.17, 15) is 4.79 Å². The van der Waals surface area contributed by atoms with Gasteiger partial charge in [-0.05, 0) is 56.3 Å². The van der Waals surface area contributed by atoms with Gasteiger partial charge in [0.25, 0.3) is 5.22 Å². The third-order valence-electron chi connectivity index (χ3n) is 4.24. The zero-order valence-corrected chi connectivity index (χ0v) is 17.9. The molecule has 30 heavy (non-hydrogen) atoms. The smallest absolute Gasteiger partial charge is 0.277 e. The molecule has 0 unspecified atom stereocenters. The molecule has 2 aromatic carbocycles. The molecule has 0 bridgehead atoms. The Kier molecular flexibility index (Phi) is 5.87. The average Bonchev–Trinajstić information content (AvgIpc) is 3.33. The SMILES string of the molecule is Cc1cc(C)n(-c2ccccc2NC(=O)CSc2nnc(-c3ccc(Cl)cc3)o2)n1. The highest BCUT2D eigenvalue weighted by molar-refractivity contribution is 7.99. The molecule has 0 atom stereocenters. The number of anilines is 1. The van der Waals surface area contributed by atoms with Gasteiger partial charge in [-0.1, -0.05) is 35.5 Å². The fourth-order valence-corrected chi connectivity index (χ4v) is 3.62. The van der Waals surface area contributed by atoms with Crippen LogP contribution in [0.1, 0.15) is 11.4 Å². The van der Waals surface area contributed by atoms with Gasteiger partial charge in [0.2, 0.25) is 11.8 Å². The van der Waals surface area contributed by atoms with E-state index in [-0.39, 0.29) is 11.7 Å². The third kappa shape index (κ3) is 4.55. The van der Waals surface area contributed by atoms with Crippen LogP contribution in [0.15, 0.2) is 64.2 Å². The summed E-state index contributed by atoms with van der Waals surface area (Å²) < 4.78 is 7.44. The number of benzene rings is 2. The first kappa shape index (κ1) is 20.2. The van der Waals surface area contributed by atoms with Gasteiger partial charge < -0.3 is 9.73 Å². The summed E-state index contributed by atoms with van der Waals surface area (Å²) in [6, 6.07) is 16.6. The largest absolute Gasteiger partial charge is 0.411 e. The predicted octanol–water partition coefficient (Wildman–Crippen LogP) is 4.92. The number of carbonyl (C=O) groups excluding carboxylic acids is 1. The van der Waals surface area contributed by atoms with Gasteiger partial charge in [0, 0.05) is 16.3 Å². The number of aryl methyl sites for hydroxylation is 2. The maximum atomic E-state index is 12.5. The molecule has 0 spiro atoms. The summed E-state index contributed by atoms with van der Waals surface area (Å²) in [6.45, 7) is 3.91. The number of para-hydroxylation sites is 2. The van der Waals surface area contributed by atoms with Crippen molar-refractivity contribution in [2.45, 2.75) is 19.1 Å². The summed E-state index contributed by atoms with van der Waals surface area (Å²) in [5, 5.41) is 16.4. The number of aromatic nitrogens is 4. The number of halogens is 1. The number of hydrogen-bond acceptors (Lipinski definition) is 6. The molecule has 2 aromatic heterocycles. The Morgan fingerprint density at radius 2 is 1.90 bits per heavy atom. The fraction of sp³-hybridized carbons (Fsp3) is 0.143. The number of rotatable bonds is 6. The molecule has 4 rings (SSSR count). The summed E-state index contributed by atoms with van der Waals surface area (Å²) in [5.74, 6) is 0.331. The van der Waals surface area contributed by atoms with E-state index in [2.05, 4.69) is 20.6 Å². The van der Waals surface area contributed by atoms with Crippen molar-refractivity contribution in [1.29, 1.82) is 0 Å². The van der Waals surface area contributed by atoms with Crippen molar-refractivity contribution in [1.82, 2.24) is 20.0 Å². The van der Waals surface area contributed by atoms with Crippen LogP contribution in [0.5, 0.6) is 0 Å². The van der Waals surface area contributed by atoms with Gasteiger partial charge >= 0.3 is 0 Å². The summed E-state index contributed by atoms with van der Waals surface area (Å²) in [7, 11) is 0. The van der Waals surface area contributed by atoms with Crippen LogP contribution in [0.2, 0.25) is 5.02 Å². The molecule has 7 nitrogen and oxygen atoms in total. The van der Waals surface area contributed by atoms with Gasteiger partial charge in [-0.3, -0.25) is 4.79 Å². The van der Waals surface area contributed by atoms with Gasteiger partial charge in [-0.15, -0.1) is 10.2 Å². The predicted molar refractivity (Wildman–Crippen MR) is 117 cm³/mol. The van der Waals surface area contributed by atoms with Crippen LogP contribution in [0, 0.1) is 13.8 Å². The maximum absolute atomic E-state index is 12.5. The first-order valence-electron chi connectivity index (χ1n) is 9.14. The summed E-state index contributed by atoms with van der Waals surface area (Å²) in [6.07, 6.45) is 0. The van der Waals surface area contributed by atoms with Gasteiger partial charge in [-0.2, -0.15) is 5.10 Å². The van der Waals surface area contributed by atoms with E-state index in [0.717, 1.165) is 22.6 Å². The lowest BCUT2D eigenvalue weighted by molar-refractivity contribution is -0.113. The molecule has 0 aliphatic rings. The molecule has 2 heterocycles. The van der Waals surface area contributed by atoms with Crippen LogP contribution in [0.4, 0.5) is 5.69 Å². The molecular weight excluding hydrogens is 422 g/mol. The highest BCUT2D eigenvalue weighted by Gasteiger charge is 2.14. The topological polar surface area (TPSA) is 85.8 Å². The Balaban J connectivity index is 1.42. The van der Waals surface area contributed by atoms with Crippen molar-refractivity contribution >= 4 is 35.0 Å². The minimum Gasteiger partial charge on any atom is -0.411 e. The van der Waals surface area contributed by atoms with E-state index in [1.54, 1.807) is 24.3 Å². The van der Waals surface area contributed by atoms with Gasteiger partial charge in [-0.25, -0.2) is 4.68 Å². The number of amides is 1. The molecule has 152 valence electrons. The summed E-state index contributed by atoms with van der Waals surface area (Å²) in [5.41, 5.74) is 4.16. The van der Waals surface area contributed by atoms with Crippen LogP contribution in [0.3, 0.4) is 0 Å². The van der Waals surface area contributed by atoms with Crippen LogP contribution in [0.25, 0.3) is 17.1 Å². The second-order valence-corrected chi connectivity index (χ2v) is 7.94. The molecule has 0 saturated heterocycles. The third-order valence-corrected chi connectivity index (χ3v) is 5.31. The Hall–Kier alpha value is -3.10. The van der Waals surface area contributed by atoms with E-state index < -0.39 is 0 Å². The van der Waals surface area contributed by atoms with E-state index in [4.69, 9.17) is 16.0 Å².